The minimum Gasteiger partial charge on any atom is -0.309 e. The van der Waals surface area contributed by atoms with Crippen molar-refractivity contribution in [3.8, 4) is 0 Å². The summed E-state index contributed by atoms with van der Waals surface area (Å²) in [7, 11) is 0. The minimum atomic E-state index is 0.674. The van der Waals surface area contributed by atoms with Gasteiger partial charge in [-0.3, -0.25) is 4.90 Å². The van der Waals surface area contributed by atoms with Gasteiger partial charge in [-0.15, -0.1) is 11.3 Å². The lowest BCUT2D eigenvalue weighted by Gasteiger charge is -2.26. The summed E-state index contributed by atoms with van der Waals surface area (Å²) in [6, 6.07) is 8.50. The zero-order valence-electron chi connectivity index (χ0n) is 12.8. The lowest BCUT2D eigenvalue weighted by atomic mass is 10.1. The molecule has 0 N–H and O–H groups in total. The van der Waals surface area contributed by atoms with Crippen LogP contribution in [0, 0.1) is 15.8 Å². The first kappa shape index (κ1) is 15.7. The highest BCUT2D eigenvalue weighted by molar-refractivity contribution is 7.73. The average molecular weight is 309 g/mol. The smallest absolute Gasteiger partial charge is 0.163 e. The number of fused-ring (bicyclic) bond motifs is 1. The van der Waals surface area contributed by atoms with E-state index >= 15 is 0 Å². The SMILES string of the molecule is CC(C)CN(CC(C)C)Cn1c(=S)sc2ccccc21. The Morgan fingerprint density at radius 3 is 2.30 bits per heavy atom. The van der Waals surface area contributed by atoms with Crippen molar-refractivity contribution >= 4 is 33.8 Å². The predicted octanol–water partition coefficient (Wildman–Crippen LogP) is 5.00. The molecule has 2 aromatic rings. The molecule has 0 spiro atoms. The zero-order valence-corrected chi connectivity index (χ0v) is 14.4. The third-order valence-electron chi connectivity index (χ3n) is 3.16. The Balaban J connectivity index is 2.27. The molecule has 2 nitrogen and oxygen atoms in total. The van der Waals surface area contributed by atoms with Crippen LogP contribution in [-0.4, -0.2) is 22.6 Å². The van der Waals surface area contributed by atoms with Gasteiger partial charge in [-0.2, -0.15) is 0 Å². The fraction of sp³-hybridized carbons (Fsp3) is 0.562. The van der Waals surface area contributed by atoms with Crippen LogP contribution in [0.15, 0.2) is 24.3 Å². The normalized spacial score (nSPS) is 12.2. The highest BCUT2D eigenvalue weighted by atomic mass is 32.1. The van der Waals surface area contributed by atoms with Crippen molar-refractivity contribution in [3.05, 3.63) is 28.2 Å². The molecule has 0 amide bonds. The van der Waals surface area contributed by atoms with Gasteiger partial charge in [0.1, 0.15) is 0 Å². The molecule has 4 heteroatoms. The average Bonchev–Trinajstić information content (AvgIpc) is 2.64. The summed E-state index contributed by atoms with van der Waals surface area (Å²) >= 11 is 7.26. The highest BCUT2D eigenvalue weighted by Crippen LogP contribution is 2.23. The van der Waals surface area contributed by atoms with Crippen LogP contribution in [0.25, 0.3) is 10.2 Å². The van der Waals surface area contributed by atoms with Crippen molar-refractivity contribution in [1.82, 2.24) is 9.47 Å². The second kappa shape index (κ2) is 6.83. The number of hydrogen-bond donors (Lipinski definition) is 0. The second-order valence-electron chi connectivity index (χ2n) is 6.23. The standard InChI is InChI=1S/C16H24N2S2/c1-12(2)9-17(10-13(3)4)11-18-14-7-5-6-8-15(14)20-16(18)19/h5-8,12-13H,9-11H2,1-4H3. The lowest BCUT2D eigenvalue weighted by molar-refractivity contribution is 0.177. The largest absolute Gasteiger partial charge is 0.309 e. The Morgan fingerprint density at radius 2 is 1.70 bits per heavy atom. The van der Waals surface area contributed by atoms with Gasteiger partial charge in [0, 0.05) is 13.1 Å². The van der Waals surface area contributed by atoms with Crippen LogP contribution in [0.2, 0.25) is 0 Å². The summed E-state index contributed by atoms with van der Waals surface area (Å²) < 4.78 is 4.54. The molecule has 1 heterocycles. The fourth-order valence-corrected chi connectivity index (χ4v) is 3.88. The van der Waals surface area contributed by atoms with Gasteiger partial charge in [-0.25, -0.2) is 0 Å². The van der Waals surface area contributed by atoms with Crippen molar-refractivity contribution in [1.29, 1.82) is 0 Å². The van der Waals surface area contributed by atoms with Crippen LogP contribution in [0.3, 0.4) is 0 Å². The van der Waals surface area contributed by atoms with Crippen molar-refractivity contribution < 1.29 is 0 Å². The van der Waals surface area contributed by atoms with Gasteiger partial charge in [-0.05, 0) is 36.2 Å². The van der Waals surface area contributed by atoms with Crippen LogP contribution in [0.4, 0.5) is 0 Å². The third kappa shape index (κ3) is 3.90. The van der Waals surface area contributed by atoms with Gasteiger partial charge in [-0.1, -0.05) is 39.8 Å². The van der Waals surface area contributed by atoms with E-state index in [2.05, 4.69) is 61.4 Å². The maximum absolute atomic E-state index is 5.55. The summed E-state index contributed by atoms with van der Waals surface area (Å²) in [5.74, 6) is 1.35. The number of hydrogen-bond acceptors (Lipinski definition) is 3. The molecule has 0 atom stereocenters. The van der Waals surface area contributed by atoms with Crippen LogP contribution in [0.1, 0.15) is 27.7 Å². The van der Waals surface area contributed by atoms with E-state index in [1.54, 1.807) is 11.3 Å². The Bertz CT molecular complexity index is 600. The van der Waals surface area contributed by atoms with E-state index < -0.39 is 0 Å². The molecule has 0 bridgehead atoms. The molecule has 0 saturated carbocycles. The van der Waals surface area contributed by atoms with Gasteiger partial charge in [0.15, 0.2) is 3.95 Å². The summed E-state index contributed by atoms with van der Waals surface area (Å²) in [5, 5.41) is 0. The molecule has 2 rings (SSSR count). The molecule has 0 unspecified atom stereocenters. The van der Waals surface area contributed by atoms with Gasteiger partial charge >= 0.3 is 0 Å². The van der Waals surface area contributed by atoms with E-state index in [-0.39, 0.29) is 0 Å². The zero-order chi connectivity index (χ0) is 14.7. The second-order valence-corrected chi connectivity index (χ2v) is 7.90. The molecular formula is C16H24N2S2. The van der Waals surface area contributed by atoms with Crippen molar-refractivity contribution in [2.24, 2.45) is 11.8 Å². The topological polar surface area (TPSA) is 8.17 Å². The first-order valence-electron chi connectivity index (χ1n) is 7.28. The summed E-state index contributed by atoms with van der Waals surface area (Å²) in [6.07, 6.45) is 0. The first-order chi connectivity index (χ1) is 9.47. The lowest BCUT2D eigenvalue weighted by Crippen LogP contribution is -2.33. The van der Waals surface area contributed by atoms with Gasteiger partial charge < -0.3 is 4.57 Å². The Morgan fingerprint density at radius 1 is 1.10 bits per heavy atom. The summed E-state index contributed by atoms with van der Waals surface area (Å²) in [4.78, 5) is 2.52. The maximum atomic E-state index is 5.55. The highest BCUT2D eigenvalue weighted by Gasteiger charge is 2.12. The number of nitrogens with zero attached hydrogens (tertiary/aromatic N) is 2. The number of aromatic nitrogens is 1. The van der Waals surface area contributed by atoms with Crippen molar-refractivity contribution in [2.45, 2.75) is 34.4 Å². The van der Waals surface area contributed by atoms with E-state index in [4.69, 9.17) is 12.2 Å². The Labute approximate surface area is 131 Å². The number of rotatable bonds is 6. The number of thiazole rings is 1. The molecule has 110 valence electrons. The van der Waals surface area contributed by atoms with Crippen molar-refractivity contribution in [3.63, 3.8) is 0 Å². The van der Waals surface area contributed by atoms with Crippen LogP contribution in [-0.2, 0) is 6.67 Å². The molecule has 0 aliphatic heterocycles. The molecule has 0 radical (unpaired) electrons. The molecule has 20 heavy (non-hydrogen) atoms. The van der Waals surface area contributed by atoms with E-state index in [1.807, 2.05) is 0 Å². The number of para-hydroxylation sites is 1. The maximum Gasteiger partial charge on any atom is 0.163 e. The first-order valence-corrected chi connectivity index (χ1v) is 8.50. The van der Waals surface area contributed by atoms with E-state index in [9.17, 15) is 0 Å². The molecular weight excluding hydrogens is 284 g/mol. The molecule has 0 fully saturated rings. The molecule has 1 aromatic carbocycles. The van der Waals surface area contributed by atoms with E-state index in [0.29, 0.717) is 11.8 Å². The van der Waals surface area contributed by atoms with Crippen LogP contribution in [0.5, 0.6) is 0 Å². The number of benzene rings is 1. The molecule has 0 aliphatic carbocycles. The monoisotopic (exact) mass is 308 g/mol. The van der Waals surface area contributed by atoms with E-state index in [1.165, 1.54) is 10.2 Å². The minimum absolute atomic E-state index is 0.674. The van der Waals surface area contributed by atoms with Crippen LogP contribution < -0.4 is 0 Å². The Hall–Kier alpha value is -0.710. The summed E-state index contributed by atoms with van der Waals surface area (Å²) in [6.45, 7) is 12.2. The van der Waals surface area contributed by atoms with Crippen molar-refractivity contribution in [2.75, 3.05) is 13.1 Å². The van der Waals surface area contributed by atoms with Gasteiger partial charge in [0.05, 0.1) is 16.9 Å². The van der Waals surface area contributed by atoms with Gasteiger partial charge in [0.25, 0.3) is 0 Å². The molecule has 0 saturated heterocycles. The molecule has 0 aliphatic rings. The third-order valence-corrected chi connectivity index (χ3v) is 4.59. The van der Waals surface area contributed by atoms with Crippen LogP contribution >= 0.6 is 23.6 Å². The molecule has 1 aromatic heterocycles. The quantitative estimate of drug-likeness (QED) is 0.694. The Kier molecular flexibility index (Phi) is 5.35. The van der Waals surface area contributed by atoms with E-state index in [0.717, 1.165) is 23.7 Å². The summed E-state index contributed by atoms with van der Waals surface area (Å²) in [5.41, 5.74) is 1.26. The fourth-order valence-electron chi connectivity index (χ4n) is 2.57. The predicted molar refractivity (Wildman–Crippen MR) is 91.9 cm³/mol. The van der Waals surface area contributed by atoms with Gasteiger partial charge in [0.2, 0.25) is 0 Å².